The number of aliphatic imine (C=N–C) groups is 1. The number of halogens is 1. The van der Waals surface area contributed by atoms with Gasteiger partial charge in [0.05, 0.1) is 6.54 Å². The quantitative estimate of drug-likeness (QED) is 0.532. The predicted molar refractivity (Wildman–Crippen MR) is 98.0 cm³/mol. The van der Waals surface area contributed by atoms with E-state index in [2.05, 4.69) is 15.6 Å². The van der Waals surface area contributed by atoms with Crippen LogP contribution in [0.25, 0.3) is 0 Å². The molecule has 1 aromatic heterocycles. The molecule has 0 radical (unpaired) electrons. The van der Waals surface area contributed by atoms with Crippen LogP contribution in [0, 0.1) is 5.82 Å². The molecule has 1 aromatic carbocycles. The van der Waals surface area contributed by atoms with E-state index in [1.807, 2.05) is 30.5 Å². The van der Waals surface area contributed by atoms with Crippen LogP contribution in [0.5, 0.6) is 0 Å². The molecule has 0 bridgehead atoms. The van der Waals surface area contributed by atoms with Crippen molar-refractivity contribution in [1.82, 2.24) is 10.6 Å². The van der Waals surface area contributed by atoms with Crippen LogP contribution in [0.4, 0.5) is 4.39 Å². The van der Waals surface area contributed by atoms with Gasteiger partial charge < -0.3 is 15.7 Å². The van der Waals surface area contributed by atoms with E-state index in [0.29, 0.717) is 18.9 Å². The molecular weight excluding hydrogens is 325 g/mol. The summed E-state index contributed by atoms with van der Waals surface area (Å²) in [5.41, 5.74) is -0.0528. The first-order chi connectivity index (χ1) is 11.5. The smallest absolute Gasteiger partial charge is 0.191 e. The summed E-state index contributed by atoms with van der Waals surface area (Å²) in [6.07, 6.45) is 0.698. The van der Waals surface area contributed by atoms with E-state index in [1.165, 1.54) is 23.5 Å². The predicted octanol–water partition coefficient (Wildman–Crippen LogP) is 2.89. The van der Waals surface area contributed by atoms with Gasteiger partial charge in [0.15, 0.2) is 5.96 Å². The fourth-order valence-electron chi connectivity index (χ4n) is 2.26. The van der Waals surface area contributed by atoms with Gasteiger partial charge in [0.2, 0.25) is 0 Å². The van der Waals surface area contributed by atoms with Gasteiger partial charge in [-0.3, -0.25) is 0 Å². The van der Waals surface area contributed by atoms with Crippen molar-refractivity contribution < 1.29 is 9.50 Å². The van der Waals surface area contributed by atoms with Gasteiger partial charge in [-0.1, -0.05) is 18.2 Å². The maximum Gasteiger partial charge on any atom is 0.191 e. The summed E-state index contributed by atoms with van der Waals surface area (Å²) >= 11 is 1.52. The molecule has 2 aromatic rings. The monoisotopic (exact) mass is 349 g/mol. The minimum atomic E-state index is -0.987. The average Bonchev–Trinajstić information content (AvgIpc) is 3.08. The van der Waals surface area contributed by atoms with Crippen LogP contribution in [0.2, 0.25) is 0 Å². The van der Waals surface area contributed by atoms with Crippen molar-refractivity contribution >= 4 is 17.3 Å². The minimum Gasteiger partial charge on any atom is -0.383 e. The summed E-state index contributed by atoms with van der Waals surface area (Å²) in [5, 5.41) is 18.8. The van der Waals surface area contributed by atoms with Crippen molar-refractivity contribution in [2.24, 2.45) is 4.99 Å². The van der Waals surface area contributed by atoms with Crippen LogP contribution in [0.1, 0.15) is 24.3 Å². The Morgan fingerprint density at radius 3 is 2.79 bits per heavy atom. The first-order valence-electron chi connectivity index (χ1n) is 8.04. The number of hydrogen-bond acceptors (Lipinski definition) is 3. The van der Waals surface area contributed by atoms with E-state index in [9.17, 15) is 9.50 Å². The molecule has 0 aliphatic rings. The van der Waals surface area contributed by atoms with E-state index >= 15 is 0 Å². The summed E-state index contributed by atoms with van der Waals surface area (Å²) in [6.45, 7) is 5.38. The third-order valence-corrected chi connectivity index (χ3v) is 4.66. The summed E-state index contributed by atoms with van der Waals surface area (Å²) in [7, 11) is 0. The fraction of sp³-hybridized carbons (Fsp3) is 0.389. The molecule has 0 aliphatic heterocycles. The van der Waals surface area contributed by atoms with Gasteiger partial charge in [-0.05, 0) is 49.4 Å². The topological polar surface area (TPSA) is 56.7 Å². The van der Waals surface area contributed by atoms with Gasteiger partial charge in [-0.25, -0.2) is 9.38 Å². The Labute approximate surface area is 146 Å². The second kappa shape index (κ2) is 8.80. The molecule has 1 heterocycles. The lowest BCUT2D eigenvalue weighted by Gasteiger charge is -2.20. The first-order valence-corrected chi connectivity index (χ1v) is 8.92. The van der Waals surface area contributed by atoms with E-state index in [4.69, 9.17) is 0 Å². The van der Waals surface area contributed by atoms with E-state index < -0.39 is 5.60 Å². The number of rotatable bonds is 7. The van der Waals surface area contributed by atoms with Crippen molar-refractivity contribution in [1.29, 1.82) is 0 Å². The molecule has 130 valence electrons. The molecular formula is C18H24FN3OS. The van der Waals surface area contributed by atoms with Crippen molar-refractivity contribution in [3.8, 4) is 0 Å². The molecule has 3 N–H and O–H groups in total. The number of thiophene rings is 1. The molecule has 0 saturated heterocycles. The Kier molecular flexibility index (Phi) is 6.75. The van der Waals surface area contributed by atoms with Crippen LogP contribution >= 0.6 is 11.3 Å². The molecule has 2 rings (SSSR count). The minimum absolute atomic E-state index is 0.222. The van der Waals surface area contributed by atoms with Gasteiger partial charge >= 0.3 is 0 Å². The van der Waals surface area contributed by atoms with Crippen molar-refractivity contribution in [3.05, 3.63) is 58.0 Å². The lowest BCUT2D eigenvalue weighted by atomic mass is 10.1. The number of hydrogen-bond donors (Lipinski definition) is 3. The average molecular weight is 349 g/mol. The zero-order valence-corrected chi connectivity index (χ0v) is 14.9. The Morgan fingerprint density at radius 2 is 2.12 bits per heavy atom. The molecule has 0 amide bonds. The third kappa shape index (κ3) is 5.62. The van der Waals surface area contributed by atoms with Crippen molar-refractivity contribution in [2.45, 2.75) is 25.9 Å². The molecule has 1 atom stereocenters. The van der Waals surface area contributed by atoms with E-state index in [0.717, 1.165) is 17.0 Å². The second-order valence-electron chi connectivity index (χ2n) is 5.75. The molecule has 1 unspecified atom stereocenters. The van der Waals surface area contributed by atoms with Gasteiger partial charge in [-0.15, -0.1) is 11.3 Å². The highest BCUT2D eigenvalue weighted by Gasteiger charge is 2.23. The second-order valence-corrected chi connectivity index (χ2v) is 6.70. The molecule has 4 nitrogen and oxygen atoms in total. The van der Waals surface area contributed by atoms with Crippen LogP contribution in [-0.4, -0.2) is 30.7 Å². The van der Waals surface area contributed by atoms with Gasteiger partial charge in [0.1, 0.15) is 11.4 Å². The lowest BCUT2D eigenvalue weighted by molar-refractivity contribution is 0.0711. The maximum absolute atomic E-state index is 13.2. The molecule has 24 heavy (non-hydrogen) atoms. The van der Waals surface area contributed by atoms with Crippen LogP contribution in [-0.2, 0) is 12.0 Å². The number of guanidine groups is 1. The van der Waals surface area contributed by atoms with Crippen LogP contribution in [0.15, 0.2) is 46.8 Å². The highest BCUT2D eigenvalue weighted by atomic mass is 32.1. The SMILES string of the molecule is CCNC(=NCC(C)(O)c1cccs1)NCCc1cccc(F)c1. The number of nitrogens with one attached hydrogen (secondary N) is 2. The molecule has 0 fully saturated rings. The van der Waals surface area contributed by atoms with Crippen molar-refractivity contribution in [3.63, 3.8) is 0 Å². The van der Waals surface area contributed by atoms with E-state index in [-0.39, 0.29) is 12.4 Å². The van der Waals surface area contributed by atoms with Gasteiger partial charge in [-0.2, -0.15) is 0 Å². The maximum atomic E-state index is 13.2. The molecule has 0 spiro atoms. The molecule has 0 saturated carbocycles. The Balaban J connectivity index is 1.91. The standard InChI is InChI=1S/C18H24FN3OS/c1-3-20-17(21-10-9-14-6-4-7-15(19)12-14)22-13-18(2,23)16-8-5-11-24-16/h4-8,11-12,23H,3,9-10,13H2,1-2H3,(H2,20,21,22). The third-order valence-electron chi connectivity index (χ3n) is 3.54. The molecule has 6 heteroatoms. The van der Waals surface area contributed by atoms with Crippen LogP contribution < -0.4 is 10.6 Å². The van der Waals surface area contributed by atoms with Crippen LogP contribution in [0.3, 0.4) is 0 Å². The Hall–Kier alpha value is -1.92. The molecule has 0 aliphatic carbocycles. The summed E-state index contributed by atoms with van der Waals surface area (Å²) in [5.74, 6) is 0.422. The summed E-state index contributed by atoms with van der Waals surface area (Å²) in [4.78, 5) is 5.36. The van der Waals surface area contributed by atoms with Gasteiger partial charge in [0.25, 0.3) is 0 Å². The largest absolute Gasteiger partial charge is 0.383 e. The Bertz CT molecular complexity index is 656. The highest BCUT2D eigenvalue weighted by molar-refractivity contribution is 7.10. The zero-order valence-electron chi connectivity index (χ0n) is 14.1. The van der Waals surface area contributed by atoms with Gasteiger partial charge in [0, 0.05) is 18.0 Å². The summed E-state index contributed by atoms with van der Waals surface area (Å²) in [6, 6.07) is 10.4. The van der Waals surface area contributed by atoms with Crippen molar-refractivity contribution in [2.75, 3.05) is 19.6 Å². The normalized spacial score (nSPS) is 14.2. The van der Waals surface area contributed by atoms with E-state index in [1.54, 1.807) is 13.0 Å². The summed E-state index contributed by atoms with van der Waals surface area (Å²) < 4.78 is 13.2. The highest BCUT2D eigenvalue weighted by Crippen LogP contribution is 2.25. The Morgan fingerprint density at radius 1 is 1.29 bits per heavy atom. The first kappa shape index (κ1) is 18.4. The number of benzene rings is 1. The lowest BCUT2D eigenvalue weighted by Crippen LogP contribution is -2.39. The fourth-order valence-corrected chi connectivity index (χ4v) is 3.03. The zero-order chi connectivity index (χ0) is 17.4. The number of aliphatic hydroxyl groups is 1. The number of nitrogens with zero attached hydrogens (tertiary/aromatic N) is 1.